The van der Waals surface area contributed by atoms with Gasteiger partial charge < -0.3 is 9.64 Å². The van der Waals surface area contributed by atoms with Crippen LogP contribution < -0.4 is 0 Å². The van der Waals surface area contributed by atoms with E-state index in [0.29, 0.717) is 31.2 Å². The quantitative estimate of drug-likeness (QED) is 0.798. The van der Waals surface area contributed by atoms with Crippen molar-refractivity contribution in [3.8, 4) is 0 Å². The summed E-state index contributed by atoms with van der Waals surface area (Å²) < 4.78 is 5.42. The van der Waals surface area contributed by atoms with Gasteiger partial charge in [0, 0.05) is 37.3 Å². The SMILES string of the molecule is C[C@@H]1CN(CC(=O)c2nccs2)CCN1C(=O)OC(C)(C)C. The number of hydrogen-bond donors (Lipinski definition) is 0. The summed E-state index contributed by atoms with van der Waals surface area (Å²) in [5.74, 6) is 0.0351. The second-order valence-electron chi connectivity index (χ2n) is 6.52. The van der Waals surface area contributed by atoms with E-state index >= 15 is 0 Å². The second-order valence-corrected chi connectivity index (χ2v) is 7.41. The van der Waals surface area contributed by atoms with Crippen LogP contribution in [0.1, 0.15) is 37.5 Å². The van der Waals surface area contributed by atoms with Crippen LogP contribution in [0.2, 0.25) is 0 Å². The van der Waals surface area contributed by atoms with Crippen molar-refractivity contribution in [3.05, 3.63) is 16.6 Å². The van der Waals surface area contributed by atoms with Gasteiger partial charge >= 0.3 is 6.09 Å². The molecule has 2 heterocycles. The highest BCUT2D eigenvalue weighted by molar-refractivity contribution is 7.11. The van der Waals surface area contributed by atoms with E-state index in [4.69, 9.17) is 4.74 Å². The molecule has 122 valence electrons. The highest BCUT2D eigenvalue weighted by atomic mass is 32.1. The number of thiazole rings is 1. The van der Waals surface area contributed by atoms with E-state index in [-0.39, 0.29) is 17.9 Å². The third kappa shape index (κ3) is 4.51. The number of rotatable bonds is 3. The minimum Gasteiger partial charge on any atom is -0.444 e. The molecule has 1 aromatic rings. The van der Waals surface area contributed by atoms with Gasteiger partial charge in [-0.05, 0) is 27.7 Å². The lowest BCUT2D eigenvalue weighted by atomic mass is 10.2. The molecular weight excluding hydrogens is 302 g/mol. The Balaban J connectivity index is 1.87. The maximum atomic E-state index is 12.1. The van der Waals surface area contributed by atoms with Crippen LogP contribution in [-0.2, 0) is 4.74 Å². The fourth-order valence-electron chi connectivity index (χ4n) is 2.40. The molecule has 2 rings (SSSR count). The molecule has 1 atom stereocenters. The molecule has 1 fully saturated rings. The molecule has 0 unspecified atom stereocenters. The number of aromatic nitrogens is 1. The van der Waals surface area contributed by atoms with Gasteiger partial charge in [-0.25, -0.2) is 9.78 Å². The fraction of sp³-hybridized carbons (Fsp3) is 0.667. The van der Waals surface area contributed by atoms with E-state index in [2.05, 4.69) is 9.88 Å². The Bertz CT molecular complexity index is 525. The zero-order chi connectivity index (χ0) is 16.3. The number of carbonyl (C=O) groups excluding carboxylic acids is 2. The largest absolute Gasteiger partial charge is 0.444 e. The Hall–Kier alpha value is -1.47. The van der Waals surface area contributed by atoms with Gasteiger partial charge in [0.15, 0.2) is 5.01 Å². The van der Waals surface area contributed by atoms with Gasteiger partial charge in [-0.1, -0.05) is 0 Å². The van der Waals surface area contributed by atoms with Crippen LogP contribution in [-0.4, -0.2) is 64.5 Å². The number of ketones is 1. The van der Waals surface area contributed by atoms with Crippen LogP contribution >= 0.6 is 11.3 Å². The standard InChI is InChI=1S/C15H23N3O3S/c1-11-9-17(10-12(19)13-16-5-8-22-13)6-7-18(11)14(20)21-15(2,3)4/h5,8,11H,6-7,9-10H2,1-4H3/t11-/m1/s1. The topological polar surface area (TPSA) is 62.7 Å². The number of hydrogen-bond acceptors (Lipinski definition) is 6. The molecule has 22 heavy (non-hydrogen) atoms. The number of nitrogens with zero attached hydrogens (tertiary/aromatic N) is 3. The van der Waals surface area contributed by atoms with E-state index in [0.717, 1.165) is 0 Å². The lowest BCUT2D eigenvalue weighted by Crippen LogP contribution is -2.55. The summed E-state index contributed by atoms with van der Waals surface area (Å²) in [6.07, 6.45) is 1.35. The van der Waals surface area contributed by atoms with E-state index in [9.17, 15) is 9.59 Å². The van der Waals surface area contributed by atoms with Crippen molar-refractivity contribution in [1.82, 2.24) is 14.8 Å². The Morgan fingerprint density at radius 3 is 2.68 bits per heavy atom. The third-order valence-corrected chi connectivity index (χ3v) is 4.19. The van der Waals surface area contributed by atoms with Crippen LogP contribution in [0, 0.1) is 0 Å². The summed E-state index contributed by atoms with van der Waals surface area (Å²) in [4.78, 5) is 32.1. The van der Waals surface area contributed by atoms with Crippen LogP contribution in [0.4, 0.5) is 4.79 Å². The van der Waals surface area contributed by atoms with Crippen molar-refractivity contribution in [2.45, 2.75) is 39.3 Å². The molecule has 6 nitrogen and oxygen atoms in total. The monoisotopic (exact) mass is 325 g/mol. The van der Waals surface area contributed by atoms with Crippen LogP contribution in [0.5, 0.6) is 0 Å². The van der Waals surface area contributed by atoms with Crippen molar-refractivity contribution >= 4 is 23.2 Å². The molecule has 7 heteroatoms. The summed E-state index contributed by atoms with van der Waals surface area (Å²) in [5, 5.41) is 2.35. The first kappa shape index (κ1) is 16.9. The lowest BCUT2D eigenvalue weighted by molar-refractivity contribution is 0.00220. The van der Waals surface area contributed by atoms with Gasteiger partial charge in [-0.3, -0.25) is 9.69 Å². The Morgan fingerprint density at radius 1 is 1.41 bits per heavy atom. The Morgan fingerprint density at radius 2 is 2.14 bits per heavy atom. The van der Waals surface area contributed by atoms with Crippen LogP contribution in [0.3, 0.4) is 0 Å². The average Bonchev–Trinajstić information content (AvgIpc) is 2.90. The minimum absolute atomic E-state index is 0.0210. The zero-order valence-corrected chi connectivity index (χ0v) is 14.4. The number of amides is 1. The minimum atomic E-state index is -0.491. The molecule has 1 saturated heterocycles. The van der Waals surface area contributed by atoms with Crippen molar-refractivity contribution < 1.29 is 14.3 Å². The summed E-state index contributed by atoms with van der Waals surface area (Å²) in [7, 11) is 0. The van der Waals surface area contributed by atoms with Gasteiger partial charge in [0.25, 0.3) is 0 Å². The van der Waals surface area contributed by atoms with E-state index in [1.165, 1.54) is 11.3 Å². The number of carbonyl (C=O) groups is 2. The van der Waals surface area contributed by atoms with Gasteiger partial charge in [0.2, 0.25) is 5.78 Å². The number of piperazine rings is 1. The Labute approximate surface area is 135 Å². The van der Waals surface area contributed by atoms with Crippen LogP contribution in [0.25, 0.3) is 0 Å². The highest BCUT2D eigenvalue weighted by Crippen LogP contribution is 2.16. The molecule has 0 bridgehead atoms. The summed E-state index contributed by atoms with van der Waals surface area (Å²) in [5.41, 5.74) is -0.491. The normalized spacial score (nSPS) is 20.0. The van der Waals surface area contributed by atoms with Gasteiger partial charge in [0.05, 0.1) is 6.54 Å². The molecule has 0 radical (unpaired) electrons. The number of ether oxygens (including phenoxy) is 1. The van der Waals surface area contributed by atoms with Gasteiger partial charge in [-0.15, -0.1) is 11.3 Å². The predicted octanol–water partition coefficient (Wildman–Crippen LogP) is 2.27. The van der Waals surface area contributed by atoms with Crippen molar-refractivity contribution in [2.24, 2.45) is 0 Å². The molecule has 1 aliphatic rings. The molecule has 0 aromatic carbocycles. The molecular formula is C15H23N3O3S. The summed E-state index contributed by atoms with van der Waals surface area (Å²) in [6, 6.07) is 0.0210. The van der Waals surface area contributed by atoms with Crippen molar-refractivity contribution in [1.29, 1.82) is 0 Å². The third-order valence-electron chi connectivity index (χ3n) is 3.38. The highest BCUT2D eigenvalue weighted by Gasteiger charge is 2.31. The molecule has 0 spiro atoms. The molecule has 1 aliphatic heterocycles. The zero-order valence-electron chi connectivity index (χ0n) is 13.5. The first-order chi connectivity index (χ1) is 10.3. The molecule has 1 aromatic heterocycles. The maximum absolute atomic E-state index is 12.1. The molecule has 0 N–H and O–H groups in total. The predicted molar refractivity (Wildman–Crippen MR) is 85.3 cm³/mol. The van der Waals surface area contributed by atoms with Crippen molar-refractivity contribution in [2.75, 3.05) is 26.2 Å². The average molecular weight is 325 g/mol. The van der Waals surface area contributed by atoms with E-state index in [1.54, 1.807) is 16.5 Å². The molecule has 0 saturated carbocycles. The number of Topliss-reactive ketones (excluding diaryl/α,β-unsaturated/α-hetero) is 1. The molecule has 0 aliphatic carbocycles. The van der Waals surface area contributed by atoms with E-state index < -0.39 is 5.60 Å². The maximum Gasteiger partial charge on any atom is 0.410 e. The lowest BCUT2D eigenvalue weighted by Gasteiger charge is -2.39. The molecule has 1 amide bonds. The Kier molecular flexibility index (Phi) is 5.18. The second kappa shape index (κ2) is 6.75. The first-order valence-electron chi connectivity index (χ1n) is 7.41. The van der Waals surface area contributed by atoms with Gasteiger partial charge in [-0.2, -0.15) is 0 Å². The van der Waals surface area contributed by atoms with Crippen LogP contribution in [0.15, 0.2) is 11.6 Å². The van der Waals surface area contributed by atoms with Crippen molar-refractivity contribution in [3.63, 3.8) is 0 Å². The van der Waals surface area contributed by atoms with E-state index in [1.807, 2.05) is 27.7 Å². The summed E-state index contributed by atoms with van der Waals surface area (Å²) in [6.45, 7) is 9.80. The van der Waals surface area contributed by atoms with Gasteiger partial charge in [0.1, 0.15) is 5.60 Å². The first-order valence-corrected chi connectivity index (χ1v) is 8.29. The smallest absolute Gasteiger partial charge is 0.410 e. The fourth-order valence-corrected chi connectivity index (χ4v) is 2.97. The summed E-state index contributed by atoms with van der Waals surface area (Å²) >= 11 is 1.36.